The predicted octanol–water partition coefficient (Wildman–Crippen LogP) is 2.19. The number of nitrogens with zero attached hydrogens (tertiary/aromatic N) is 1. The van der Waals surface area contributed by atoms with Gasteiger partial charge in [0.15, 0.2) is 5.72 Å². The van der Waals surface area contributed by atoms with Crippen molar-refractivity contribution >= 4 is 11.8 Å². The molecule has 1 aromatic rings. The standard InChI is InChI=1S/C13H15NO3/c1-4-11(15)14-12(16)9-7-5-6-8-10(9)17-13(14,2)3/h5-8H,4H2,1-3H3. The third kappa shape index (κ3) is 1.79. The van der Waals surface area contributed by atoms with Gasteiger partial charge in [-0.2, -0.15) is 0 Å². The smallest absolute Gasteiger partial charge is 0.267 e. The van der Waals surface area contributed by atoms with Gasteiger partial charge in [0.05, 0.1) is 5.56 Å². The van der Waals surface area contributed by atoms with Crippen molar-refractivity contribution in [2.24, 2.45) is 0 Å². The molecule has 2 amide bonds. The van der Waals surface area contributed by atoms with E-state index in [0.717, 1.165) is 0 Å². The largest absolute Gasteiger partial charge is 0.467 e. The first kappa shape index (κ1) is 11.6. The Balaban J connectivity index is 2.51. The van der Waals surface area contributed by atoms with Crippen molar-refractivity contribution in [2.45, 2.75) is 32.9 Å². The number of carbonyl (C=O) groups is 2. The van der Waals surface area contributed by atoms with Crippen molar-refractivity contribution in [2.75, 3.05) is 0 Å². The highest BCUT2D eigenvalue weighted by Gasteiger charge is 2.42. The molecule has 0 spiro atoms. The van der Waals surface area contributed by atoms with Gasteiger partial charge in [-0.3, -0.25) is 9.59 Å². The summed E-state index contributed by atoms with van der Waals surface area (Å²) in [7, 11) is 0. The molecule has 0 saturated carbocycles. The van der Waals surface area contributed by atoms with Gasteiger partial charge in [0.1, 0.15) is 5.75 Å². The summed E-state index contributed by atoms with van der Waals surface area (Å²) < 4.78 is 5.71. The number of rotatable bonds is 1. The van der Waals surface area contributed by atoms with Crippen LogP contribution >= 0.6 is 0 Å². The number of hydrogen-bond donors (Lipinski definition) is 0. The second-order valence-electron chi connectivity index (χ2n) is 4.43. The predicted molar refractivity (Wildman–Crippen MR) is 62.6 cm³/mol. The molecule has 0 bridgehead atoms. The van der Waals surface area contributed by atoms with Gasteiger partial charge in [0.2, 0.25) is 5.91 Å². The Hall–Kier alpha value is -1.84. The molecule has 2 rings (SSSR count). The van der Waals surface area contributed by atoms with Crippen LogP contribution in [0.4, 0.5) is 0 Å². The van der Waals surface area contributed by atoms with E-state index in [4.69, 9.17) is 4.74 Å². The van der Waals surface area contributed by atoms with E-state index >= 15 is 0 Å². The molecule has 0 N–H and O–H groups in total. The Morgan fingerprint density at radius 1 is 1.35 bits per heavy atom. The minimum atomic E-state index is -0.932. The first-order valence-corrected chi connectivity index (χ1v) is 5.63. The molecule has 0 radical (unpaired) electrons. The fourth-order valence-electron chi connectivity index (χ4n) is 1.98. The highest BCUT2D eigenvalue weighted by atomic mass is 16.5. The lowest BCUT2D eigenvalue weighted by Crippen LogP contribution is -2.57. The summed E-state index contributed by atoms with van der Waals surface area (Å²) in [4.78, 5) is 25.3. The average Bonchev–Trinajstić information content (AvgIpc) is 2.27. The van der Waals surface area contributed by atoms with Crippen LogP contribution in [-0.4, -0.2) is 22.4 Å². The minimum absolute atomic E-state index is 0.227. The van der Waals surface area contributed by atoms with Gasteiger partial charge in [0, 0.05) is 6.42 Å². The van der Waals surface area contributed by atoms with Crippen LogP contribution in [0.25, 0.3) is 0 Å². The zero-order chi connectivity index (χ0) is 12.6. The van der Waals surface area contributed by atoms with Crippen molar-refractivity contribution < 1.29 is 14.3 Å². The van der Waals surface area contributed by atoms with Crippen LogP contribution in [0.1, 0.15) is 37.6 Å². The summed E-state index contributed by atoms with van der Waals surface area (Å²) in [6.07, 6.45) is 0.278. The number of benzene rings is 1. The summed E-state index contributed by atoms with van der Waals surface area (Å²) in [6.45, 7) is 5.16. The van der Waals surface area contributed by atoms with Gasteiger partial charge in [-0.15, -0.1) is 0 Å². The third-order valence-electron chi connectivity index (χ3n) is 2.77. The molecule has 0 aliphatic carbocycles. The zero-order valence-corrected chi connectivity index (χ0v) is 10.2. The number of amides is 2. The quantitative estimate of drug-likeness (QED) is 0.747. The maximum Gasteiger partial charge on any atom is 0.267 e. The second-order valence-corrected chi connectivity index (χ2v) is 4.43. The van der Waals surface area contributed by atoms with E-state index in [-0.39, 0.29) is 18.2 Å². The molecule has 90 valence electrons. The Morgan fingerprint density at radius 3 is 2.65 bits per heavy atom. The fourth-order valence-corrected chi connectivity index (χ4v) is 1.98. The number of imide groups is 1. The van der Waals surface area contributed by atoms with E-state index in [1.807, 2.05) is 0 Å². The van der Waals surface area contributed by atoms with Crippen LogP contribution < -0.4 is 4.74 Å². The zero-order valence-electron chi connectivity index (χ0n) is 10.2. The molecule has 0 fully saturated rings. The first-order valence-electron chi connectivity index (χ1n) is 5.63. The van der Waals surface area contributed by atoms with Crippen LogP contribution in [0.3, 0.4) is 0 Å². The minimum Gasteiger partial charge on any atom is -0.467 e. The van der Waals surface area contributed by atoms with Gasteiger partial charge in [-0.25, -0.2) is 4.90 Å². The maximum atomic E-state index is 12.3. The molecule has 1 heterocycles. The third-order valence-corrected chi connectivity index (χ3v) is 2.77. The van der Waals surface area contributed by atoms with Crippen LogP contribution in [0.2, 0.25) is 0 Å². The summed E-state index contributed by atoms with van der Waals surface area (Å²) in [6, 6.07) is 6.97. The lowest BCUT2D eigenvalue weighted by atomic mass is 10.1. The lowest BCUT2D eigenvalue weighted by Gasteiger charge is -2.41. The van der Waals surface area contributed by atoms with Crippen molar-refractivity contribution in [3.05, 3.63) is 29.8 Å². The van der Waals surface area contributed by atoms with Crippen molar-refractivity contribution in [3.63, 3.8) is 0 Å². The molecule has 0 atom stereocenters. The molecule has 17 heavy (non-hydrogen) atoms. The Labute approximate surface area is 100 Å². The number of carbonyl (C=O) groups excluding carboxylic acids is 2. The molecule has 0 aromatic heterocycles. The lowest BCUT2D eigenvalue weighted by molar-refractivity contribution is -0.143. The van der Waals surface area contributed by atoms with Crippen molar-refractivity contribution in [3.8, 4) is 5.75 Å². The van der Waals surface area contributed by atoms with Crippen LogP contribution in [-0.2, 0) is 4.79 Å². The number of hydrogen-bond acceptors (Lipinski definition) is 3. The first-order chi connectivity index (χ1) is 7.97. The van der Waals surface area contributed by atoms with Crippen LogP contribution in [0.5, 0.6) is 5.75 Å². The fraction of sp³-hybridized carbons (Fsp3) is 0.385. The molecular formula is C13H15NO3. The monoisotopic (exact) mass is 233 g/mol. The van der Waals surface area contributed by atoms with E-state index < -0.39 is 5.72 Å². The molecule has 4 heteroatoms. The van der Waals surface area contributed by atoms with Crippen molar-refractivity contribution in [1.82, 2.24) is 4.90 Å². The van der Waals surface area contributed by atoms with Gasteiger partial charge in [-0.1, -0.05) is 19.1 Å². The molecular weight excluding hydrogens is 218 g/mol. The van der Waals surface area contributed by atoms with Gasteiger partial charge >= 0.3 is 0 Å². The van der Waals surface area contributed by atoms with Crippen molar-refractivity contribution in [1.29, 1.82) is 0 Å². The van der Waals surface area contributed by atoms with Gasteiger partial charge < -0.3 is 4.74 Å². The summed E-state index contributed by atoms with van der Waals surface area (Å²) in [5.74, 6) is 0.0147. The highest BCUT2D eigenvalue weighted by molar-refractivity contribution is 6.07. The van der Waals surface area contributed by atoms with E-state index in [2.05, 4.69) is 0 Å². The van der Waals surface area contributed by atoms with E-state index in [1.165, 1.54) is 4.90 Å². The average molecular weight is 233 g/mol. The van der Waals surface area contributed by atoms with E-state index in [0.29, 0.717) is 11.3 Å². The van der Waals surface area contributed by atoms with E-state index in [1.54, 1.807) is 45.0 Å². The van der Waals surface area contributed by atoms with Crippen LogP contribution in [0, 0.1) is 0 Å². The summed E-state index contributed by atoms with van der Waals surface area (Å²) in [5.41, 5.74) is -0.493. The summed E-state index contributed by atoms with van der Waals surface area (Å²) in [5, 5.41) is 0. The normalized spacial score (nSPS) is 17.4. The maximum absolute atomic E-state index is 12.3. The molecule has 0 unspecified atom stereocenters. The topological polar surface area (TPSA) is 46.6 Å². The summed E-state index contributed by atoms with van der Waals surface area (Å²) >= 11 is 0. The molecule has 1 aliphatic rings. The SMILES string of the molecule is CCC(=O)N1C(=O)c2ccccc2OC1(C)C. The van der Waals surface area contributed by atoms with Gasteiger partial charge in [0.25, 0.3) is 5.91 Å². The molecule has 4 nitrogen and oxygen atoms in total. The van der Waals surface area contributed by atoms with Gasteiger partial charge in [-0.05, 0) is 26.0 Å². The Bertz CT molecular complexity index is 479. The van der Waals surface area contributed by atoms with E-state index in [9.17, 15) is 9.59 Å². The number of ether oxygens (including phenoxy) is 1. The Morgan fingerprint density at radius 2 is 2.00 bits per heavy atom. The Kier molecular flexibility index (Phi) is 2.65. The molecule has 1 aliphatic heterocycles. The second kappa shape index (κ2) is 3.87. The number of fused-ring (bicyclic) bond motifs is 1. The molecule has 0 saturated heterocycles. The van der Waals surface area contributed by atoms with Crippen LogP contribution in [0.15, 0.2) is 24.3 Å². The molecule has 1 aromatic carbocycles. The number of para-hydroxylation sites is 1. The highest BCUT2D eigenvalue weighted by Crippen LogP contribution is 2.33.